The standard InChI is InChI=1S/C19H22FNO2/c1-3-7-17(15-8-5-4-6-9-15)21-19(22)13-14-10-11-18(23-2)16(20)12-14/h4-6,8-12,17H,3,7,13H2,1-2H3,(H,21,22). The molecule has 0 aliphatic carbocycles. The monoisotopic (exact) mass is 315 g/mol. The second-order valence-corrected chi connectivity index (χ2v) is 5.47. The van der Waals surface area contributed by atoms with Gasteiger partial charge in [-0.2, -0.15) is 0 Å². The maximum Gasteiger partial charge on any atom is 0.224 e. The number of carbonyl (C=O) groups is 1. The molecule has 4 heteroatoms. The van der Waals surface area contributed by atoms with E-state index in [-0.39, 0.29) is 24.1 Å². The van der Waals surface area contributed by atoms with Crippen molar-refractivity contribution in [3.63, 3.8) is 0 Å². The second-order valence-electron chi connectivity index (χ2n) is 5.47. The normalized spacial score (nSPS) is 11.8. The van der Waals surface area contributed by atoms with Gasteiger partial charge in [0, 0.05) is 0 Å². The average molecular weight is 315 g/mol. The number of ether oxygens (including phenoxy) is 1. The number of halogens is 1. The molecule has 0 spiro atoms. The number of carbonyl (C=O) groups excluding carboxylic acids is 1. The lowest BCUT2D eigenvalue weighted by atomic mass is 10.0. The first kappa shape index (κ1) is 17.0. The van der Waals surface area contributed by atoms with Crippen molar-refractivity contribution >= 4 is 5.91 Å². The number of hydrogen-bond acceptors (Lipinski definition) is 2. The quantitative estimate of drug-likeness (QED) is 0.837. The minimum atomic E-state index is -0.453. The number of methoxy groups -OCH3 is 1. The third kappa shape index (κ3) is 4.81. The van der Waals surface area contributed by atoms with Gasteiger partial charge in [0.05, 0.1) is 19.6 Å². The fourth-order valence-corrected chi connectivity index (χ4v) is 2.55. The van der Waals surface area contributed by atoms with E-state index < -0.39 is 5.82 Å². The van der Waals surface area contributed by atoms with Crippen molar-refractivity contribution in [2.45, 2.75) is 32.2 Å². The molecule has 0 saturated heterocycles. The Labute approximate surface area is 136 Å². The third-order valence-electron chi connectivity index (χ3n) is 3.70. The first-order chi connectivity index (χ1) is 11.1. The van der Waals surface area contributed by atoms with Gasteiger partial charge in [0.15, 0.2) is 11.6 Å². The van der Waals surface area contributed by atoms with Gasteiger partial charge in [0.25, 0.3) is 0 Å². The molecule has 0 fully saturated rings. The first-order valence-corrected chi connectivity index (χ1v) is 7.80. The Morgan fingerprint density at radius 3 is 2.57 bits per heavy atom. The Morgan fingerprint density at radius 1 is 1.22 bits per heavy atom. The lowest BCUT2D eigenvalue weighted by Gasteiger charge is -2.18. The van der Waals surface area contributed by atoms with Gasteiger partial charge >= 0.3 is 0 Å². The molecule has 1 unspecified atom stereocenters. The zero-order valence-electron chi connectivity index (χ0n) is 13.5. The van der Waals surface area contributed by atoms with Gasteiger partial charge in [-0.3, -0.25) is 4.79 Å². The summed E-state index contributed by atoms with van der Waals surface area (Å²) in [4.78, 5) is 12.3. The van der Waals surface area contributed by atoms with E-state index in [2.05, 4.69) is 12.2 Å². The summed E-state index contributed by atoms with van der Waals surface area (Å²) >= 11 is 0. The fraction of sp³-hybridized carbons (Fsp3) is 0.316. The van der Waals surface area contributed by atoms with Crippen LogP contribution >= 0.6 is 0 Å². The Bertz CT molecular complexity index is 643. The van der Waals surface area contributed by atoms with Gasteiger partial charge in [-0.05, 0) is 29.7 Å². The van der Waals surface area contributed by atoms with Gasteiger partial charge in [0.2, 0.25) is 5.91 Å². The summed E-state index contributed by atoms with van der Waals surface area (Å²) in [6.07, 6.45) is 1.98. The lowest BCUT2D eigenvalue weighted by molar-refractivity contribution is -0.121. The number of rotatable bonds is 7. The summed E-state index contributed by atoms with van der Waals surface area (Å²) in [6.45, 7) is 2.08. The van der Waals surface area contributed by atoms with E-state index in [0.29, 0.717) is 5.56 Å². The van der Waals surface area contributed by atoms with Crippen molar-refractivity contribution in [2.75, 3.05) is 7.11 Å². The molecule has 1 amide bonds. The summed E-state index contributed by atoms with van der Waals surface area (Å²) in [5.41, 5.74) is 1.72. The summed E-state index contributed by atoms with van der Waals surface area (Å²) < 4.78 is 18.6. The predicted octanol–water partition coefficient (Wildman–Crippen LogP) is 4.03. The highest BCUT2D eigenvalue weighted by Gasteiger charge is 2.14. The van der Waals surface area contributed by atoms with E-state index in [1.54, 1.807) is 12.1 Å². The Morgan fingerprint density at radius 2 is 1.96 bits per heavy atom. The van der Waals surface area contributed by atoms with Crippen LogP contribution in [0.3, 0.4) is 0 Å². The van der Waals surface area contributed by atoms with Gasteiger partial charge < -0.3 is 10.1 Å². The molecular formula is C19H22FNO2. The zero-order chi connectivity index (χ0) is 16.7. The highest BCUT2D eigenvalue weighted by molar-refractivity contribution is 5.79. The third-order valence-corrected chi connectivity index (χ3v) is 3.70. The van der Waals surface area contributed by atoms with Gasteiger partial charge in [0.1, 0.15) is 0 Å². The number of amides is 1. The van der Waals surface area contributed by atoms with Crippen LogP contribution in [0.5, 0.6) is 5.75 Å². The average Bonchev–Trinajstić information content (AvgIpc) is 2.55. The van der Waals surface area contributed by atoms with Crippen LogP contribution < -0.4 is 10.1 Å². The van der Waals surface area contributed by atoms with E-state index in [4.69, 9.17) is 4.74 Å². The lowest BCUT2D eigenvalue weighted by Crippen LogP contribution is -2.29. The van der Waals surface area contributed by atoms with Crippen LogP contribution in [0.25, 0.3) is 0 Å². The van der Waals surface area contributed by atoms with E-state index in [0.717, 1.165) is 18.4 Å². The number of hydrogen-bond donors (Lipinski definition) is 1. The highest BCUT2D eigenvalue weighted by atomic mass is 19.1. The molecule has 2 aromatic rings. The highest BCUT2D eigenvalue weighted by Crippen LogP contribution is 2.20. The number of nitrogens with one attached hydrogen (secondary N) is 1. The van der Waals surface area contributed by atoms with Gasteiger partial charge in [-0.15, -0.1) is 0 Å². The molecule has 0 aliphatic rings. The Balaban J connectivity index is 2.03. The molecule has 0 aromatic heterocycles. The van der Waals surface area contributed by atoms with Crippen molar-refractivity contribution < 1.29 is 13.9 Å². The van der Waals surface area contributed by atoms with Crippen molar-refractivity contribution in [3.8, 4) is 5.75 Å². The molecule has 0 radical (unpaired) electrons. The van der Waals surface area contributed by atoms with Crippen LogP contribution in [-0.4, -0.2) is 13.0 Å². The molecule has 2 aromatic carbocycles. The molecule has 0 heterocycles. The number of benzene rings is 2. The topological polar surface area (TPSA) is 38.3 Å². The van der Waals surface area contributed by atoms with E-state index in [1.165, 1.54) is 13.2 Å². The minimum absolute atomic E-state index is 0.0169. The minimum Gasteiger partial charge on any atom is -0.494 e. The van der Waals surface area contributed by atoms with Gasteiger partial charge in [-0.1, -0.05) is 49.7 Å². The maximum absolute atomic E-state index is 13.7. The summed E-state index contributed by atoms with van der Waals surface area (Å²) in [6, 6.07) is 14.5. The van der Waals surface area contributed by atoms with Crippen LogP contribution in [0.4, 0.5) is 4.39 Å². The van der Waals surface area contributed by atoms with Gasteiger partial charge in [-0.25, -0.2) is 4.39 Å². The van der Waals surface area contributed by atoms with Crippen molar-refractivity contribution in [2.24, 2.45) is 0 Å². The second kappa shape index (κ2) is 8.32. The molecule has 23 heavy (non-hydrogen) atoms. The molecule has 0 saturated carbocycles. The molecular weight excluding hydrogens is 293 g/mol. The van der Waals surface area contributed by atoms with Crippen LogP contribution in [0.1, 0.15) is 36.9 Å². The van der Waals surface area contributed by atoms with E-state index >= 15 is 0 Å². The van der Waals surface area contributed by atoms with Crippen LogP contribution in [0.2, 0.25) is 0 Å². The molecule has 1 atom stereocenters. The maximum atomic E-state index is 13.7. The smallest absolute Gasteiger partial charge is 0.224 e. The van der Waals surface area contributed by atoms with Crippen molar-refractivity contribution in [3.05, 3.63) is 65.5 Å². The van der Waals surface area contributed by atoms with E-state index in [9.17, 15) is 9.18 Å². The van der Waals surface area contributed by atoms with Crippen molar-refractivity contribution in [1.82, 2.24) is 5.32 Å². The molecule has 2 rings (SSSR count). The molecule has 122 valence electrons. The van der Waals surface area contributed by atoms with E-state index in [1.807, 2.05) is 30.3 Å². The fourth-order valence-electron chi connectivity index (χ4n) is 2.55. The summed E-state index contributed by atoms with van der Waals surface area (Å²) in [5.74, 6) is -0.384. The van der Waals surface area contributed by atoms with Crippen LogP contribution in [0, 0.1) is 5.82 Å². The molecule has 0 aliphatic heterocycles. The molecule has 0 bridgehead atoms. The predicted molar refractivity (Wildman–Crippen MR) is 88.9 cm³/mol. The summed E-state index contributed by atoms with van der Waals surface area (Å²) in [7, 11) is 1.42. The molecule has 3 nitrogen and oxygen atoms in total. The zero-order valence-corrected chi connectivity index (χ0v) is 13.5. The van der Waals surface area contributed by atoms with Crippen molar-refractivity contribution in [1.29, 1.82) is 0 Å². The first-order valence-electron chi connectivity index (χ1n) is 7.80. The van der Waals surface area contributed by atoms with Crippen LogP contribution in [-0.2, 0) is 11.2 Å². The largest absolute Gasteiger partial charge is 0.494 e. The SMILES string of the molecule is CCCC(NC(=O)Cc1ccc(OC)c(F)c1)c1ccccc1. The van der Waals surface area contributed by atoms with Crippen LogP contribution in [0.15, 0.2) is 48.5 Å². The Hall–Kier alpha value is -2.36. The summed E-state index contributed by atoms with van der Waals surface area (Å²) in [5, 5.41) is 3.04. The Kier molecular flexibility index (Phi) is 6.15. The molecule has 1 N–H and O–H groups in total.